The number of hydrogen-bond acceptors (Lipinski definition) is 3. The Labute approximate surface area is 150 Å². The number of piperidine rings is 1. The van der Waals surface area contributed by atoms with Crippen molar-refractivity contribution in [1.29, 1.82) is 0 Å². The van der Waals surface area contributed by atoms with Crippen molar-refractivity contribution in [1.82, 2.24) is 4.90 Å². The summed E-state index contributed by atoms with van der Waals surface area (Å²) in [7, 11) is 0. The van der Waals surface area contributed by atoms with Crippen LogP contribution < -0.4 is 10.1 Å². The van der Waals surface area contributed by atoms with Gasteiger partial charge in [-0.15, -0.1) is 0 Å². The molecule has 1 fully saturated rings. The van der Waals surface area contributed by atoms with Crippen LogP contribution in [0.1, 0.15) is 12.8 Å². The Morgan fingerprint density at radius 1 is 1.12 bits per heavy atom. The molecule has 0 atom stereocenters. The molecule has 126 valence electrons. The number of nitrogens with zero attached hydrogens (tertiary/aromatic N) is 1. The maximum Gasteiger partial charge on any atom is 0.260 e. The smallest absolute Gasteiger partial charge is 0.260 e. The molecule has 0 aromatic heterocycles. The van der Waals surface area contributed by atoms with Gasteiger partial charge in [-0.05, 0) is 43.2 Å². The Balaban J connectivity index is 1.43. The predicted octanol–water partition coefficient (Wildman–Crippen LogP) is 3.93. The van der Waals surface area contributed by atoms with Crippen LogP contribution in [0.4, 0.5) is 5.69 Å². The van der Waals surface area contributed by atoms with Crippen LogP contribution >= 0.6 is 15.9 Å². The highest BCUT2D eigenvalue weighted by Crippen LogP contribution is 2.20. The van der Waals surface area contributed by atoms with Crippen LogP contribution in [0.2, 0.25) is 0 Å². The summed E-state index contributed by atoms with van der Waals surface area (Å²) in [6.07, 6.45) is 1.90. The van der Waals surface area contributed by atoms with Gasteiger partial charge in [0, 0.05) is 29.3 Å². The zero-order chi connectivity index (χ0) is 16.8. The lowest BCUT2D eigenvalue weighted by Gasteiger charge is -2.33. The predicted molar refractivity (Wildman–Crippen MR) is 99.3 cm³/mol. The molecule has 1 saturated heterocycles. The van der Waals surface area contributed by atoms with Gasteiger partial charge >= 0.3 is 0 Å². The largest absolute Gasteiger partial charge is 0.484 e. The van der Waals surface area contributed by atoms with E-state index in [1.165, 1.54) is 0 Å². The fourth-order valence-electron chi connectivity index (χ4n) is 2.84. The van der Waals surface area contributed by atoms with Crippen LogP contribution in [0, 0.1) is 0 Å². The molecule has 1 heterocycles. The van der Waals surface area contributed by atoms with E-state index in [2.05, 4.69) is 33.4 Å². The van der Waals surface area contributed by atoms with Crippen LogP contribution in [-0.2, 0) is 4.79 Å². The molecule has 0 aliphatic carbocycles. The van der Waals surface area contributed by atoms with E-state index in [0.717, 1.165) is 41.8 Å². The van der Waals surface area contributed by atoms with Gasteiger partial charge < -0.3 is 15.0 Å². The van der Waals surface area contributed by atoms with E-state index in [4.69, 9.17) is 4.74 Å². The molecule has 1 N–H and O–H groups in total. The van der Waals surface area contributed by atoms with Gasteiger partial charge in [0.05, 0.1) is 0 Å². The zero-order valence-electron chi connectivity index (χ0n) is 13.5. The maximum atomic E-state index is 12.3. The molecule has 0 unspecified atom stereocenters. The summed E-state index contributed by atoms with van der Waals surface area (Å²) in [4.78, 5) is 14.1. The molecular formula is C19H21BrN2O2. The highest BCUT2D eigenvalue weighted by molar-refractivity contribution is 9.10. The van der Waals surface area contributed by atoms with Crippen molar-refractivity contribution in [2.24, 2.45) is 0 Å². The zero-order valence-corrected chi connectivity index (χ0v) is 15.0. The molecule has 2 aromatic rings. The number of carbonyl (C=O) groups is 1. The Kier molecular flexibility index (Phi) is 5.75. The highest BCUT2D eigenvalue weighted by atomic mass is 79.9. The average Bonchev–Trinajstić information content (AvgIpc) is 2.61. The monoisotopic (exact) mass is 388 g/mol. The van der Waals surface area contributed by atoms with E-state index in [-0.39, 0.29) is 12.5 Å². The summed E-state index contributed by atoms with van der Waals surface area (Å²) in [6.45, 7) is 1.64. The van der Waals surface area contributed by atoms with Gasteiger partial charge in [0.15, 0.2) is 6.61 Å². The van der Waals surface area contributed by atoms with Crippen molar-refractivity contribution < 1.29 is 9.53 Å². The summed E-state index contributed by atoms with van der Waals surface area (Å²) in [5.74, 6) is 0.789. The number of ether oxygens (including phenoxy) is 1. The lowest BCUT2D eigenvalue weighted by molar-refractivity contribution is -0.134. The third kappa shape index (κ3) is 4.74. The second kappa shape index (κ2) is 8.20. The van der Waals surface area contributed by atoms with Crippen LogP contribution in [0.15, 0.2) is 59.1 Å². The molecule has 0 bridgehead atoms. The van der Waals surface area contributed by atoms with Crippen LogP contribution in [0.25, 0.3) is 0 Å². The molecular weight excluding hydrogens is 368 g/mol. The average molecular weight is 389 g/mol. The lowest BCUT2D eigenvalue weighted by Crippen LogP contribution is -2.44. The molecule has 24 heavy (non-hydrogen) atoms. The Morgan fingerprint density at radius 2 is 1.88 bits per heavy atom. The van der Waals surface area contributed by atoms with Gasteiger partial charge in [0.2, 0.25) is 0 Å². The van der Waals surface area contributed by atoms with Gasteiger partial charge in [-0.2, -0.15) is 0 Å². The summed E-state index contributed by atoms with van der Waals surface area (Å²) in [5, 5.41) is 3.54. The molecule has 0 radical (unpaired) electrons. The van der Waals surface area contributed by atoms with Gasteiger partial charge in [0.1, 0.15) is 5.75 Å². The summed E-state index contributed by atoms with van der Waals surface area (Å²) >= 11 is 3.49. The Bertz CT molecular complexity index is 670. The van der Waals surface area contributed by atoms with E-state index in [0.29, 0.717) is 6.04 Å². The SMILES string of the molecule is O=C(COc1ccccc1)N1CCC(Nc2cccc(Br)c2)CC1. The molecule has 0 spiro atoms. The molecule has 5 heteroatoms. The number of hydrogen-bond donors (Lipinski definition) is 1. The molecule has 4 nitrogen and oxygen atoms in total. The number of para-hydroxylation sites is 1. The second-order valence-electron chi connectivity index (χ2n) is 5.91. The summed E-state index contributed by atoms with van der Waals surface area (Å²) in [6, 6.07) is 18.0. The third-order valence-corrected chi connectivity index (χ3v) is 4.64. The number of benzene rings is 2. The normalized spacial score (nSPS) is 15.1. The Morgan fingerprint density at radius 3 is 2.58 bits per heavy atom. The van der Waals surface area contributed by atoms with Crippen LogP contribution in [0.3, 0.4) is 0 Å². The number of amides is 1. The van der Waals surface area contributed by atoms with Crippen molar-refractivity contribution in [2.75, 3.05) is 25.0 Å². The minimum Gasteiger partial charge on any atom is -0.484 e. The van der Waals surface area contributed by atoms with Crippen molar-refractivity contribution in [3.63, 3.8) is 0 Å². The fraction of sp³-hybridized carbons (Fsp3) is 0.316. The number of halogens is 1. The molecule has 1 aliphatic rings. The topological polar surface area (TPSA) is 41.6 Å². The number of carbonyl (C=O) groups excluding carboxylic acids is 1. The first-order valence-corrected chi connectivity index (χ1v) is 8.98. The minimum atomic E-state index is 0.0553. The molecule has 2 aromatic carbocycles. The molecule has 1 amide bonds. The van der Waals surface area contributed by atoms with Gasteiger partial charge in [0.25, 0.3) is 5.91 Å². The van der Waals surface area contributed by atoms with E-state index >= 15 is 0 Å². The van der Waals surface area contributed by atoms with Crippen LogP contribution in [-0.4, -0.2) is 36.5 Å². The number of anilines is 1. The quantitative estimate of drug-likeness (QED) is 0.843. The van der Waals surface area contributed by atoms with Crippen molar-refractivity contribution in [3.8, 4) is 5.75 Å². The number of rotatable bonds is 5. The van der Waals surface area contributed by atoms with Crippen LogP contribution in [0.5, 0.6) is 5.75 Å². The standard InChI is InChI=1S/C19H21BrN2O2/c20-15-5-4-6-17(13-15)21-16-9-11-22(12-10-16)19(23)14-24-18-7-2-1-3-8-18/h1-8,13,16,21H,9-12,14H2. The van der Waals surface area contributed by atoms with E-state index < -0.39 is 0 Å². The van der Waals surface area contributed by atoms with E-state index in [1.807, 2.05) is 47.4 Å². The summed E-state index contributed by atoms with van der Waals surface area (Å²) < 4.78 is 6.61. The summed E-state index contributed by atoms with van der Waals surface area (Å²) in [5.41, 5.74) is 1.11. The van der Waals surface area contributed by atoms with Gasteiger partial charge in [-0.25, -0.2) is 0 Å². The minimum absolute atomic E-state index is 0.0553. The first-order chi connectivity index (χ1) is 11.7. The van der Waals surface area contributed by atoms with Crippen molar-refractivity contribution in [3.05, 3.63) is 59.1 Å². The van der Waals surface area contributed by atoms with Crippen molar-refractivity contribution in [2.45, 2.75) is 18.9 Å². The first-order valence-electron chi connectivity index (χ1n) is 8.18. The molecule has 0 saturated carbocycles. The number of likely N-dealkylation sites (tertiary alicyclic amines) is 1. The van der Waals surface area contributed by atoms with Gasteiger partial charge in [-0.1, -0.05) is 40.2 Å². The molecule has 1 aliphatic heterocycles. The molecule has 3 rings (SSSR count). The van der Waals surface area contributed by atoms with Gasteiger partial charge in [-0.3, -0.25) is 4.79 Å². The third-order valence-electron chi connectivity index (χ3n) is 4.15. The van der Waals surface area contributed by atoms with E-state index in [9.17, 15) is 4.79 Å². The first kappa shape index (κ1) is 16.8. The fourth-order valence-corrected chi connectivity index (χ4v) is 3.24. The second-order valence-corrected chi connectivity index (χ2v) is 6.83. The lowest BCUT2D eigenvalue weighted by atomic mass is 10.0. The number of nitrogens with one attached hydrogen (secondary N) is 1. The Hall–Kier alpha value is -2.01. The van der Waals surface area contributed by atoms with E-state index in [1.54, 1.807) is 0 Å². The highest BCUT2D eigenvalue weighted by Gasteiger charge is 2.22. The van der Waals surface area contributed by atoms with Crippen molar-refractivity contribution >= 4 is 27.5 Å². The maximum absolute atomic E-state index is 12.3.